The Bertz CT molecular complexity index is 4230. The van der Waals surface area contributed by atoms with Crippen LogP contribution in [0.3, 0.4) is 0 Å². The predicted octanol–water partition coefficient (Wildman–Crippen LogP) is 21.6. The third kappa shape index (κ3) is 14.8. The fraction of sp³-hybridized carbons (Fsp3) is 0.477. The first-order chi connectivity index (χ1) is 41.7. The third-order valence-corrected chi connectivity index (χ3v) is 39.2. The molecule has 0 spiro atoms. The van der Waals surface area contributed by atoms with E-state index >= 15 is 0 Å². The molecule has 3 aromatic heterocycles. The second-order valence-corrected chi connectivity index (χ2v) is 52.5. The number of nitrogens with zero attached hydrogens (tertiary/aromatic N) is 3. The molecule has 0 saturated heterocycles. The highest BCUT2D eigenvalue weighted by Gasteiger charge is 2.40. The van der Waals surface area contributed by atoms with Crippen molar-refractivity contribution in [3.8, 4) is 33.8 Å². The molecule has 0 radical (unpaired) electrons. The summed E-state index contributed by atoms with van der Waals surface area (Å²) in [5.74, 6) is 0. The van der Waals surface area contributed by atoms with Crippen LogP contribution in [-0.4, -0.2) is 24.2 Å². The fourth-order valence-corrected chi connectivity index (χ4v) is 18.3. The number of fused-ring (bicyclic) bond motifs is 3. The SMILES string of the molecule is Cc1c(-c2c3ccc([Si](C)(C)C(C)(C)C)cc3cc[n+]2C)cc(C(C)(C)C)cc1C(C)(C)C.Cc1cc(C(C)(C)C)cc(-c2c3ccc([Si](C)(C)C(C)(C)C)cc3cc[n+]2C)c1C.Cc1ccc(C(C)(C)C)cc1-c1c2ccc([Si](C)(C)C(C)(C)C)cc2cc[n+]1C. The van der Waals surface area contributed by atoms with E-state index in [1.165, 1.54) is 121 Å². The number of aromatic nitrogens is 3. The lowest BCUT2D eigenvalue weighted by Crippen LogP contribution is -2.49. The first kappa shape index (κ1) is 73.6. The number of pyridine rings is 3. The highest BCUT2D eigenvalue weighted by atomic mass is 28.3. The lowest BCUT2D eigenvalue weighted by atomic mass is 9.76. The molecule has 3 nitrogen and oxygen atoms in total. The summed E-state index contributed by atoms with van der Waals surface area (Å²) in [6.45, 7) is 73.3. The van der Waals surface area contributed by atoms with Crippen LogP contribution in [0.25, 0.3) is 66.1 Å². The molecule has 0 aliphatic carbocycles. The predicted molar refractivity (Wildman–Crippen MR) is 416 cm³/mol. The van der Waals surface area contributed by atoms with Crippen LogP contribution in [0.1, 0.15) is 190 Å². The summed E-state index contributed by atoms with van der Waals surface area (Å²) in [7, 11) is 1.81. The van der Waals surface area contributed by atoms with Crippen LogP contribution >= 0.6 is 0 Å². The average molecular weight is 1280 g/mol. The number of hydrogen-bond acceptors (Lipinski definition) is 0. The summed E-state index contributed by atoms with van der Waals surface area (Å²) < 4.78 is 6.89. The molecule has 0 aliphatic heterocycles. The largest absolute Gasteiger partial charge is 0.220 e. The molecule has 0 aliphatic rings. The second kappa shape index (κ2) is 25.4. The third-order valence-electron chi connectivity index (χ3n) is 22.7. The molecular formula is C86H124N3Si3+3. The molecule has 9 aromatic rings. The Labute approximate surface area is 564 Å². The minimum Gasteiger partial charge on any atom is -0.200 e. The van der Waals surface area contributed by atoms with E-state index in [9.17, 15) is 0 Å². The Morgan fingerprint density at radius 2 is 0.587 bits per heavy atom. The molecule has 492 valence electrons. The maximum Gasteiger partial charge on any atom is 0.220 e. The molecule has 0 bridgehead atoms. The van der Waals surface area contributed by atoms with Crippen LogP contribution in [0.2, 0.25) is 54.4 Å². The highest BCUT2D eigenvalue weighted by molar-refractivity contribution is 6.93. The van der Waals surface area contributed by atoms with Gasteiger partial charge < -0.3 is 0 Å². The molecule has 0 unspecified atom stereocenters. The van der Waals surface area contributed by atoms with Crippen molar-refractivity contribution in [2.45, 2.75) is 249 Å². The molecular weight excluding hydrogens is 1160 g/mol. The summed E-state index contributed by atoms with van der Waals surface area (Å²) in [6, 6.07) is 45.2. The number of hydrogen-bond donors (Lipinski definition) is 0. The maximum absolute atomic E-state index is 2.50. The van der Waals surface area contributed by atoms with E-state index in [0.29, 0.717) is 15.1 Å². The Kier molecular flexibility index (Phi) is 20.3. The standard InChI is InChI=1S/C31H46NSi.C28H40NSi.C27H38NSi/c1-21-26(19-23(29(2,3)4)20-27(21)30(5,6)7)28-25-15-14-24(33(12,13)31(8,9)10)18-22(25)16-17-32(28)11;1-19-16-22(27(3,4)5)18-25(20(19)2)26-24-13-12-23(30(10,11)28(6,7)8)17-21(24)14-15-29(26)9;1-19-11-12-21(26(2,3)4)18-24(19)25-23-14-13-22(29(9,10)27(5,6)7)17-20(23)15-16-28(25)8/h14-20H,1-13H3;12-18H,1-11H3;11-18H,1-10H3/q3*+1. The van der Waals surface area contributed by atoms with Crippen LogP contribution in [0.4, 0.5) is 0 Å². The Balaban J connectivity index is 0.000000196. The fourth-order valence-electron chi connectivity index (χ4n) is 12.6. The summed E-state index contributed by atoms with van der Waals surface area (Å²) in [6.07, 6.45) is 6.69. The van der Waals surface area contributed by atoms with Crippen LogP contribution in [0.15, 0.2) is 134 Å². The van der Waals surface area contributed by atoms with Gasteiger partial charge in [-0.3, -0.25) is 0 Å². The van der Waals surface area contributed by atoms with Gasteiger partial charge in [-0.1, -0.05) is 261 Å². The van der Waals surface area contributed by atoms with Gasteiger partial charge >= 0.3 is 0 Å². The van der Waals surface area contributed by atoms with Crippen LogP contribution in [0.5, 0.6) is 0 Å². The van der Waals surface area contributed by atoms with Crippen molar-refractivity contribution in [2.75, 3.05) is 0 Å². The Morgan fingerprint density at radius 3 is 0.902 bits per heavy atom. The van der Waals surface area contributed by atoms with E-state index in [0.717, 1.165) is 0 Å². The van der Waals surface area contributed by atoms with Crippen LogP contribution in [0, 0.1) is 27.7 Å². The Morgan fingerprint density at radius 1 is 0.283 bits per heavy atom. The Hall–Kier alpha value is -5.80. The molecule has 0 saturated carbocycles. The molecule has 6 aromatic carbocycles. The zero-order valence-electron chi connectivity index (χ0n) is 64.5. The van der Waals surface area contributed by atoms with Crippen molar-refractivity contribution in [3.63, 3.8) is 0 Å². The van der Waals surface area contributed by atoms with Gasteiger partial charge in [0.05, 0.1) is 51.5 Å². The van der Waals surface area contributed by atoms with Gasteiger partial charge in [-0.25, -0.2) is 13.7 Å². The highest BCUT2D eigenvalue weighted by Crippen LogP contribution is 2.43. The minimum atomic E-state index is -1.59. The smallest absolute Gasteiger partial charge is 0.200 e. The summed E-state index contributed by atoms with van der Waals surface area (Å²) in [4.78, 5) is 0. The number of benzene rings is 6. The molecule has 0 amide bonds. The first-order valence-electron chi connectivity index (χ1n) is 34.4. The van der Waals surface area contributed by atoms with E-state index in [1.54, 1.807) is 5.19 Å². The van der Waals surface area contributed by atoms with Gasteiger partial charge in [0.15, 0.2) is 18.6 Å². The van der Waals surface area contributed by atoms with Crippen molar-refractivity contribution >= 4 is 72.1 Å². The molecule has 6 heteroatoms. The molecule has 9 rings (SSSR count). The summed E-state index contributed by atoms with van der Waals surface area (Å²) in [5.41, 5.74) is 19.6. The lowest BCUT2D eigenvalue weighted by Gasteiger charge is -2.37. The van der Waals surface area contributed by atoms with Crippen LogP contribution < -0.4 is 29.3 Å². The second-order valence-electron chi connectivity index (χ2n) is 36.5. The average Bonchev–Trinajstić information content (AvgIpc) is 0.762. The quantitative estimate of drug-likeness (QED) is 0.116. The van der Waals surface area contributed by atoms with Crippen molar-refractivity contribution in [2.24, 2.45) is 21.1 Å². The molecule has 3 heterocycles. The molecule has 0 N–H and O–H groups in total. The van der Waals surface area contributed by atoms with E-state index in [2.05, 4.69) is 381 Å². The zero-order valence-corrected chi connectivity index (χ0v) is 67.5. The monoisotopic (exact) mass is 1280 g/mol. The van der Waals surface area contributed by atoms with Crippen molar-refractivity contribution in [1.82, 2.24) is 0 Å². The molecule has 0 fully saturated rings. The van der Waals surface area contributed by atoms with Crippen molar-refractivity contribution in [1.29, 1.82) is 0 Å². The van der Waals surface area contributed by atoms with Gasteiger partial charge in [-0.05, 0) is 162 Å². The molecule has 0 atom stereocenters. The van der Waals surface area contributed by atoms with Gasteiger partial charge in [0, 0.05) is 23.8 Å². The number of aryl methyl sites for hydroxylation is 5. The van der Waals surface area contributed by atoms with Gasteiger partial charge in [-0.15, -0.1) is 0 Å². The van der Waals surface area contributed by atoms with Gasteiger partial charge in [0.25, 0.3) is 0 Å². The minimum absolute atomic E-state index is 0.0960. The first-order valence-corrected chi connectivity index (χ1v) is 43.4. The van der Waals surface area contributed by atoms with E-state index in [4.69, 9.17) is 0 Å². The maximum atomic E-state index is 2.50. The lowest BCUT2D eigenvalue weighted by molar-refractivity contribution is -0.659. The van der Waals surface area contributed by atoms with Gasteiger partial charge in [0.2, 0.25) is 17.1 Å². The number of rotatable bonds is 6. The van der Waals surface area contributed by atoms with E-state index in [-0.39, 0.29) is 21.7 Å². The van der Waals surface area contributed by atoms with Gasteiger partial charge in [-0.2, -0.15) is 0 Å². The summed E-state index contributed by atoms with van der Waals surface area (Å²) in [5, 5.41) is 13.7. The van der Waals surface area contributed by atoms with E-state index in [1.807, 2.05) is 0 Å². The zero-order chi connectivity index (χ0) is 69.6. The van der Waals surface area contributed by atoms with Crippen molar-refractivity contribution < 1.29 is 13.7 Å². The van der Waals surface area contributed by atoms with Crippen LogP contribution in [-0.2, 0) is 42.8 Å². The van der Waals surface area contributed by atoms with E-state index < -0.39 is 24.2 Å². The normalized spacial score (nSPS) is 13.3. The molecule has 92 heavy (non-hydrogen) atoms. The van der Waals surface area contributed by atoms with Crippen molar-refractivity contribution in [3.05, 3.63) is 178 Å². The summed E-state index contributed by atoms with van der Waals surface area (Å²) >= 11 is 0. The topological polar surface area (TPSA) is 11.6 Å². The van der Waals surface area contributed by atoms with Gasteiger partial charge in [0.1, 0.15) is 21.1 Å².